The highest BCUT2D eigenvalue weighted by molar-refractivity contribution is 5.98. The number of primary amides is 1. The molecule has 2 aliphatic rings. The lowest BCUT2D eigenvalue weighted by Crippen LogP contribution is -2.34. The van der Waals surface area contributed by atoms with Gasteiger partial charge in [-0.1, -0.05) is 31.0 Å². The van der Waals surface area contributed by atoms with Crippen LogP contribution in [0.2, 0.25) is 0 Å². The summed E-state index contributed by atoms with van der Waals surface area (Å²) in [5.74, 6) is -1.33. The molecule has 1 aromatic rings. The van der Waals surface area contributed by atoms with Crippen LogP contribution in [0.5, 0.6) is 0 Å². The molecule has 8 nitrogen and oxygen atoms in total. The van der Waals surface area contributed by atoms with Crippen LogP contribution in [0.15, 0.2) is 46.8 Å². The first-order valence-electron chi connectivity index (χ1n) is 9.64. The second-order valence-electron chi connectivity index (χ2n) is 7.54. The van der Waals surface area contributed by atoms with Gasteiger partial charge >= 0.3 is 12.1 Å². The molecule has 154 valence electrons. The van der Waals surface area contributed by atoms with E-state index in [9.17, 15) is 19.7 Å². The zero-order valence-electron chi connectivity index (χ0n) is 16.8. The summed E-state index contributed by atoms with van der Waals surface area (Å²) in [7, 11) is 1.84. The zero-order valence-corrected chi connectivity index (χ0v) is 16.8. The van der Waals surface area contributed by atoms with E-state index in [4.69, 9.17) is 10.5 Å². The van der Waals surface area contributed by atoms with E-state index >= 15 is 0 Å². The number of nitro groups is 1. The molecule has 0 spiro atoms. The van der Waals surface area contributed by atoms with Gasteiger partial charge in [0.05, 0.1) is 10.5 Å². The third-order valence-corrected chi connectivity index (χ3v) is 6.07. The number of ether oxygens (including phenoxy) is 1. The summed E-state index contributed by atoms with van der Waals surface area (Å²) >= 11 is 0. The molecule has 0 aromatic heterocycles. The van der Waals surface area contributed by atoms with Crippen LogP contribution in [0, 0.1) is 16.0 Å². The lowest BCUT2D eigenvalue weighted by Gasteiger charge is -2.38. The number of esters is 1. The van der Waals surface area contributed by atoms with Crippen molar-refractivity contribution in [2.75, 3.05) is 7.05 Å². The van der Waals surface area contributed by atoms with Gasteiger partial charge in [0.1, 0.15) is 0 Å². The van der Waals surface area contributed by atoms with Gasteiger partial charge < -0.3 is 15.4 Å². The second-order valence-corrected chi connectivity index (χ2v) is 7.54. The molecule has 8 heteroatoms. The third kappa shape index (κ3) is 3.74. The fourth-order valence-electron chi connectivity index (χ4n) is 4.60. The van der Waals surface area contributed by atoms with E-state index in [2.05, 4.69) is 0 Å². The first-order valence-corrected chi connectivity index (χ1v) is 9.64. The molecule has 3 rings (SSSR count). The van der Waals surface area contributed by atoms with Gasteiger partial charge in [-0.15, -0.1) is 0 Å². The molecule has 1 saturated carbocycles. The minimum absolute atomic E-state index is 0.0671. The Morgan fingerprint density at radius 2 is 1.79 bits per heavy atom. The Hall–Kier alpha value is -3.16. The molecule has 1 unspecified atom stereocenters. The van der Waals surface area contributed by atoms with Gasteiger partial charge in [0, 0.05) is 36.0 Å². The SMILES string of the molecule is CC1=C(C(=O)OC(N)=O)C(c2ccccc2[N+](=O)[O-])C(C2CCCC2)=C(C)N1C. The molecule has 1 amide bonds. The largest absolute Gasteiger partial charge is 0.412 e. The number of amides is 1. The Kier molecular flexibility index (Phi) is 5.72. The van der Waals surface area contributed by atoms with E-state index in [0.717, 1.165) is 37.0 Å². The standard InChI is InChI=1S/C21H25N3O5/c1-12-17(14-8-4-5-9-14)19(15-10-6-7-11-16(15)24(27)28)18(13(2)23(12)3)20(25)29-21(22)26/h6-7,10-11,14,19H,4-5,8-9H2,1-3H3,(H2,22,26). The summed E-state index contributed by atoms with van der Waals surface area (Å²) in [5, 5.41) is 11.7. The van der Waals surface area contributed by atoms with Crippen molar-refractivity contribution in [2.45, 2.75) is 45.4 Å². The van der Waals surface area contributed by atoms with E-state index in [1.165, 1.54) is 6.07 Å². The first-order chi connectivity index (χ1) is 13.7. The quantitative estimate of drug-likeness (QED) is 0.354. The van der Waals surface area contributed by atoms with Crippen molar-refractivity contribution in [3.63, 3.8) is 0 Å². The predicted octanol–water partition coefficient (Wildman–Crippen LogP) is 3.98. The molecule has 1 heterocycles. The van der Waals surface area contributed by atoms with Crippen LogP contribution in [0.1, 0.15) is 51.0 Å². The van der Waals surface area contributed by atoms with Crippen LogP contribution in [-0.2, 0) is 9.53 Å². The summed E-state index contributed by atoms with van der Waals surface area (Å²) in [5.41, 5.74) is 8.18. The predicted molar refractivity (Wildman–Crippen MR) is 107 cm³/mol. The maximum Gasteiger partial charge on any atom is 0.412 e. The van der Waals surface area contributed by atoms with Gasteiger partial charge in [-0.3, -0.25) is 10.1 Å². The molecule has 1 aromatic carbocycles. The van der Waals surface area contributed by atoms with Gasteiger partial charge in [-0.2, -0.15) is 0 Å². The molecule has 1 fully saturated rings. The number of hydrogen-bond donors (Lipinski definition) is 1. The number of hydrogen-bond acceptors (Lipinski definition) is 6. The van der Waals surface area contributed by atoms with Crippen molar-refractivity contribution in [1.29, 1.82) is 0 Å². The number of nitrogens with zero attached hydrogens (tertiary/aromatic N) is 2. The first kappa shape index (κ1) is 20.6. The lowest BCUT2D eigenvalue weighted by molar-refractivity contribution is -0.385. The molecule has 1 atom stereocenters. The third-order valence-electron chi connectivity index (χ3n) is 6.07. The van der Waals surface area contributed by atoms with Gasteiger partial charge in [-0.05, 0) is 38.2 Å². The van der Waals surface area contributed by atoms with Gasteiger partial charge in [0.2, 0.25) is 0 Å². The second kappa shape index (κ2) is 8.06. The number of carbonyl (C=O) groups is 2. The topological polar surface area (TPSA) is 116 Å². The van der Waals surface area contributed by atoms with Crippen molar-refractivity contribution >= 4 is 17.7 Å². The number of para-hydroxylation sites is 1. The number of allylic oxidation sites excluding steroid dienone is 3. The van der Waals surface area contributed by atoms with Crippen molar-refractivity contribution in [2.24, 2.45) is 11.7 Å². The fourth-order valence-corrected chi connectivity index (χ4v) is 4.60. The molecular formula is C21H25N3O5. The molecule has 0 radical (unpaired) electrons. The van der Waals surface area contributed by atoms with E-state index in [1.807, 2.05) is 18.9 Å². The zero-order chi connectivity index (χ0) is 21.3. The highest BCUT2D eigenvalue weighted by Gasteiger charge is 2.42. The average Bonchev–Trinajstić information content (AvgIpc) is 3.19. The molecule has 0 saturated heterocycles. The Morgan fingerprint density at radius 3 is 2.38 bits per heavy atom. The number of benzene rings is 1. The maximum absolute atomic E-state index is 12.9. The summed E-state index contributed by atoms with van der Waals surface area (Å²) < 4.78 is 4.73. The van der Waals surface area contributed by atoms with Crippen molar-refractivity contribution in [3.05, 3.63) is 62.5 Å². The number of nitrogens with two attached hydrogens (primary N) is 1. The number of carbonyl (C=O) groups excluding carboxylic acids is 2. The van der Waals surface area contributed by atoms with E-state index in [0.29, 0.717) is 11.3 Å². The highest BCUT2D eigenvalue weighted by Crippen LogP contribution is 2.50. The normalized spacial score (nSPS) is 20.2. The maximum atomic E-state index is 12.9. The van der Waals surface area contributed by atoms with Crippen LogP contribution < -0.4 is 5.73 Å². The van der Waals surface area contributed by atoms with Crippen LogP contribution in [0.3, 0.4) is 0 Å². The minimum Gasteiger partial charge on any atom is -0.373 e. The Labute approximate surface area is 169 Å². The highest BCUT2D eigenvalue weighted by atomic mass is 16.6. The number of rotatable bonds is 4. The summed E-state index contributed by atoms with van der Waals surface area (Å²) in [6.07, 6.45) is 2.84. The monoisotopic (exact) mass is 399 g/mol. The van der Waals surface area contributed by atoms with Crippen LogP contribution in [-0.4, -0.2) is 28.9 Å². The fraction of sp³-hybridized carbons (Fsp3) is 0.429. The van der Waals surface area contributed by atoms with Gasteiger partial charge in [0.15, 0.2) is 0 Å². The Bertz CT molecular complexity index is 928. The van der Waals surface area contributed by atoms with Crippen LogP contribution in [0.4, 0.5) is 10.5 Å². The summed E-state index contributed by atoms with van der Waals surface area (Å²) in [6, 6.07) is 6.41. The summed E-state index contributed by atoms with van der Waals surface area (Å²) in [6.45, 7) is 3.71. The Morgan fingerprint density at radius 1 is 1.17 bits per heavy atom. The van der Waals surface area contributed by atoms with Crippen molar-refractivity contribution in [1.82, 2.24) is 4.90 Å². The van der Waals surface area contributed by atoms with Crippen molar-refractivity contribution in [3.8, 4) is 0 Å². The smallest absolute Gasteiger partial charge is 0.373 e. The van der Waals surface area contributed by atoms with E-state index in [1.54, 1.807) is 25.1 Å². The molecule has 29 heavy (non-hydrogen) atoms. The van der Waals surface area contributed by atoms with Crippen molar-refractivity contribution < 1.29 is 19.2 Å². The van der Waals surface area contributed by atoms with Crippen LogP contribution in [0.25, 0.3) is 0 Å². The Balaban J connectivity index is 2.27. The molecule has 0 bridgehead atoms. The molecule has 2 N–H and O–H groups in total. The van der Waals surface area contributed by atoms with Gasteiger partial charge in [0.25, 0.3) is 5.69 Å². The van der Waals surface area contributed by atoms with E-state index in [-0.39, 0.29) is 17.2 Å². The molecule has 1 aliphatic carbocycles. The van der Waals surface area contributed by atoms with E-state index < -0.39 is 22.9 Å². The number of nitro benzene ring substituents is 1. The average molecular weight is 399 g/mol. The lowest BCUT2D eigenvalue weighted by atomic mass is 9.74. The van der Waals surface area contributed by atoms with Crippen LogP contribution >= 0.6 is 0 Å². The summed E-state index contributed by atoms with van der Waals surface area (Å²) in [4.78, 5) is 37.4. The molecule has 1 aliphatic heterocycles. The van der Waals surface area contributed by atoms with Gasteiger partial charge in [-0.25, -0.2) is 9.59 Å². The minimum atomic E-state index is -1.20. The molecular weight excluding hydrogens is 374 g/mol.